The van der Waals surface area contributed by atoms with E-state index in [0.29, 0.717) is 5.39 Å². The van der Waals surface area contributed by atoms with Crippen LogP contribution < -0.4 is 10.3 Å². The lowest BCUT2D eigenvalue weighted by Gasteiger charge is -2.14. The van der Waals surface area contributed by atoms with Crippen molar-refractivity contribution in [2.24, 2.45) is 0 Å². The molecule has 0 saturated carbocycles. The predicted molar refractivity (Wildman–Crippen MR) is 126 cm³/mol. The van der Waals surface area contributed by atoms with E-state index in [4.69, 9.17) is 9.84 Å². The minimum Gasteiger partial charge on any atom is -0.491 e. The molecular weight excluding hydrogens is 384 g/mol. The molecule has 0 radical (unpaired) electrons. The Morgan fingerprint density at radius 3 is 2.29 bits per heavy atom. The first-order valence-corrected chi connectivity index (χ1v) is 10.4. The van der Waals surface area contributed by atoms with Crippen LogP contribution in [0, 0.1) is 0 Å². The Morgan fingerprint density at radius 1 is 0.774 bits per heavy atom. The van der Waals surface area contributed by atoms with Crippen LogP contribution in [0.3, 0.4) is 0 Å². The highest BCUT2D eigenvalue weighted by Crippen LogP contribution is 2.29. The topological polar surface area (TPSA) is 44.1 Å². The Bertz CT molecular complexity index is 1450. The zero-order valence-corrected chi connectivity index (χ0v) is 17.4. The van der Waals surface area contributed by atoms with Gasteiger partial charge < -0.3 is 4.74 Å². The summed E-state index contributed by atoms with van der Waals surface area (Å²) >= 11 is 0. The van der Waals surface area contributed by atoms with Crippen molar-refractivity contribution in [1.29, 1.82) is 0 Å². The van der Waals surface area contributed by atoms with Crippen LogP contribution in [-0.4, -0.2) is 15.9 Å². The van der Waals surface area contributed by atoms with Crippen molar-refractivity contribution < 1.29 is 4.74 Å². The summed E-state index contributed by atoms with van der Waals surface area (Å²) in [4.78, 5) is 13.4. The third kappa shape index (κ3) is 3.46. The van der Waals surface area contributed by atoms with E-state index >= 15 is 0 Å². The van der Waals surface area contributed by atoms with Gasteiger partial charge in [-0.05, 0) is 49.6 Å². The van der Waals surface area contributed by atoms with Gasteiger partial charge in [0.15, 0.2) is 0 Å². The van der Waals surface area contributed by atoms with Gasteiger partial charge in [0.05, 0.1) is 22.9 Å². The van der Waals surface area contributed by atoms with E-state index in [1.165, 1.54) is 4.68 Å². The van der Waals surface area contributed by atoms with Gasteiger partial charge in [0.1, 0.15) is 5.75 Å². The Hall–Kier alpha value is -3.92. The molecule has 1 aromatic heterocycles. The van der Waals surface area contributed by atoms with Gasteiger partial charge in [-0.1, -0.05) is 60.7 Å². The molecule has 5 rings (SSSR count). The van der Waals surface area contributed by atoms with E-state index in [1.807, 2.05) is 105 Å². The standard InChI is InChI=1S/C27H22N2O2/c1-18(2)31-21-15-16-22-20(17-21)11-8-14-25(22)29-27(30)24-13-7-6-12-23(24)26(28-29)19-9-4-3-5-10-19/h3-18H,1-2H3. The number of fused-ring (bicyclic) bond motifs is 2. The lowest BCUT2D eigenvalue weighted by Crippen LogP contribution is -2.22. The first kappa shape index (κ1) is 19.1. The molecule has 0 aliphatic rings. The third-order valence-electron chi connectivity index (χ3n) is 5.28. The quantitative estimate of drug-likeness (QED) is 0.368. The van der Waals surface area contributed by atoms with Crippen LogP contribution in [0.25, 0.3) is 38.5 Å². The highest BCUT2D eigenvalue weighted by Gasteiger charge is 2.15. The average Bonchev–Trinajstić information content (AvgIpc) is 2.79. The fourth-order valence-corrected chi connectivity index (χ4v) is 3.94. The Kier molecular flexibility index (Phi) is 4.75. The number of aromatic nitrogens is 2. The van der Waals surface area contributed by atoms with Gasteiger partial charge in [-0.3, -0.25) is 4.79 Å². The summed E-state index contributed by atoms with van der Waals surface area (Å²) in [6, 6.07) is 29.5. The van der Waals surface area contributed by atoms with Gasteiger partial charge in [0.2, 0.25) is 0 Å². The minimum absolute atomic E-state index is 0.0961. The van der Waals surface area contributed by atoms with Crippen molar-refractivity contribution in [3.05, 3.63) is 101 Å². The molecule has 31 heavy (non-hydrogen) atoms. The Balaban J connectivity index is 1.79. The van der Waals surface area contributed by atoms with Crippen LogP contribution >= 0.6 is 0 Å². The molecule has 0 fully saturated rings. The van der Waals surface area contributed by atoms with Crippen molar-refractivity contribution in [3.8, 4) is 22.7 Å². The lowest BCUT2D eigenvalue weighted by molar-refractivity contribution is 0.243. The summed E-state index contributed by atoms with van der Waals surface area (Å²) in [5.41, 5.74) is 2.37. The third-order valence-corrected chi connectivity index (χ3v) is 5.28. The molecule has 0 amide bonds. The van der Waals surface area contributed by atoms with E-state index in [1.54, 1.807) is 0 Å². The number of nitrogens with zero attached hydrogens (tertiary/aromatic N) is 2. The Morgan fingerprint density at radius 2 is 1.52 bits per heavy atom. The second kappa shape index (κ2) is 7.73. The van der Waals surface area contributed by atoms with Gasteiger partial charge in [0, 0.05) is 16.3 Å². The van der Waals surface area contributed by atoms with Crippen molar-refractivity contribution in [2.75, 3.05) is 0 Å². The van der Waals surface area contributed by atoms with E-state index < -0.39 is 0 Å². The highest BCUT2D eigenvalue weighted by atomic mass is 16.5. The molecule has 0 N–H and O–H groups in total. The van der Waals surface area contributed by atoms with E-state index in [2.05, 4.69) is 0 Å². The number of ether oxygens (including phenoxy) is 1. The summed E-state index contributed by atoms with van der Waals surface area (Å²) in [6.07, 6.45) is 0.0961. The van der Waals surface area contributed by atoms with Crippen LogP contribution in [0.1, 0.15) is 13.8 Å². The first-order chi connectivity index (χ1) is 15.1. The molecule has 0 saturated heterocycles. The molecule has 0 atom stereocenters. The van der Waals surface area contributed by atoms with Crippen LogP contribution in [0.15, 0.2) is 95.8 Å². The normalized spacial score (nSPS) is 11.3. The van der Waals surface area contributed by atoms with Crippen molar-refractivity contribution in [2.45, 2.75) is 20.0 Å². The first-order valence-electron chi connectivity index (χ1n) is 10.4. The SMILES string of the molecule is CC(C)Oc1ccc2c(-n3nc(-c4ccccc4)c4ccccc4c3=O)cccc2c1. The monoisotopic (exact) mass is 406 g/mol. The lowest BCUT2D eigenvalue weighted by atomic mass is 10.0. The van der Waals surface area contributed by atoms with Gasteiger partial charge in [-0.2, -0.15) is 9.78 Å². The Labute approximate surface area is 180 Å². The number of benzene rings is 4. The maximum atomic E-state index is 13.4. The van der Waals surface area contributed by atoms with E-state index in [9.17, 15) is 4.79 Å². The number of rotatable bonds is 4. The maximum Gasteiger partial charge on any atom is 0.279 e. The molecule has 152 valence electrons. The fourth-order valence-electron chi connectivity index (χ4n) is 3.94. The number of hydrogen-bond acceptors (Lipinski definition) is 3. The molecule has 0 spiro atoms. The molecule has 4 aromatic carbocycles. The smallest absolute Gasteiger partial charge is 0.279 e. The van der Waals surface area contributed by atoms with Crippen LogP contribution in [0.4, 0.5) is 0 Å². The molecule has 0 aliphatic carbocycles. The summed E-state index contributed by atoms with van der Waals surface area (Å²) in [7, 11) is 0. The van der Waals surface area contributed by atoms with Gasteiger partial charge in [0.25, 0.3) is 5.56 Å². The number of hydrogen-bond donors (Lipinski definition) is 0. The zero-order chi connectivity index (χ0) is 21.4. The fraction of sp³-hybridized carbons (Fsp3) is 0.111. The molecule has 5 aromatic rings. The van der Waals surface area contributed by atoms with Crippen LogP contribution in [0.5, 0.6) is 5.75 Å². The molecule has 0 aliphatic heterocycles. The van der Waals surface area contributed by atoms with Crippen LogP contribution in [0.2, 0.25) is 0 Å². The van der Waals surface area contributed by atoms with Crippen molar-refractivity contribution >= 4 is 21.5 Å². The van der Waals surface area contributed by atoms with Gasteiger partial charge in [-0.25, -0.2) is 0 Å². The van der Waals surface area contributed by atoms with Crippen molar-refractivity contribution in [1.82, 2.24) is 9.78 Å². The highest BCUT2D eigenvalue weighted by molar-refractivity contribution is 5.95. The van der Waals surface area contributed by atoms with Crippen LogP contribution in [-0.2, 0) is 0 Å². The van der Waals surface area contributed by atoms with Gasteiger partial charge >= 0.3 is 0 Å². The molecule has 0 bridgehead atoms. The summed E-state index contributed by atoms with van der Waals surface area (Å²) in [5, 5.41) is 8.28. The van der Waals surface area contributed by atoms with Crippen molar-refractivity contribution in [3.63, 3.8) is 0 Å². The summed E-state index contributed by atoms with van der Waals surface area (Å²) < 4.78 is 7.37. The summed E-state index contributed by atoms with van der Waals surface area (Å²) in [6.45, 7) is 4.01. The average molecular weight is 406 g/mol. The van der Waals surface area contributed by atoms with Gasteiger partial charge in [-0.15, -0.1) is 0 Å². The van der Waals surface area contributed by atoms with E-state index in [0.717, 1.165) is 38.9 Å². The second-order valence-corrected chi connectivity index (χ2v) is 7.80. The molecule has 1 heterocycles. The molecule has 0 unspecified atom stereocenters. The zero-order valence-electron chi connectivity index (χ0n) is 17.4. The molecule has 4 heteroatoms. The predicted octanol–water partition coefficient (Wildman–Crippen LogP) is 5.99. The minimum atomic E-state index is -0.134. The molecule has 4 nitrogen and oxygen atoms in total. The second-order valence-electron chi connectivity index (χ2n) is 7.80. The molecular formula is C27H22N2O2. The largest absolute Gasteiger partial charge is 0.491 e. The van der Waals surface area contributed by atoms with E-state index in [-0.39, 0.29) is 11.7 Å². The maximum absolute atomic E-state index is 13.4. The summed E-state index contributed by atoms with van der Waals surface area (Å²) in [5.74, 6) is 0.809.